The molecule has 0 spiro atoms. The van der Waals surface area contributed by atoms with Crippen molar-refractivity contribution >= 4 is 29.1 Å². The van der Waals surface area contributed by atoms with Crippen LogP contribution in [0.3, 0.4) is 0 Å². The van der Waals surface area contributed by atoms with Crippen LogP contribution in [0.2, 0.25) is 0 Å². The fourth-order valence-electron chi connectivity index (χ4n) is 8.45. The zero-order chi connectivity index (χ0) is 40.1. The average molecular weight is 761 g/mol. The number of benzene rings is 3. The first-order valence-electron chi connectivity index (χ1n) is 21.3. The predicted octanol–water partition coefficient (Wildman–Crippen LogP) is 11.6. The summed E-state index contributed by atoms with van der Waals surface area (Å²) in [6.07, 6.45) is 20.1. The van der Waals surface area contributed by atoms with Gasteiger partial charge in [-0.15, -0.1) is 0 Å². The molecular weight excluding hydrogens is 701 g/mol. The lowest BCUT2D eigenvalue weighted by molar-refractivity contribution is -0.123. The number of amides is 1. The van der Waals surface area contributed by atoms with Crippen LogP contribution in [0, 0.1) is 24.7 Å². The van der Waals surface area contributed by atoms with Crippen molar-refractivity contribution < 1.29 is 14.4 Å². The highest BCUT2D eigenvalue weighted by molar-refractivity contribution is 6.05. The minimum Gasteiger partial charge on any atom is -0.319 e. The first kappa shape index (κ1) is 41.5. The minimum atomic E-state index is -0.217. The molecule has 1 amide bonds. The standard InChI is InChI=1S/C52H60N2O3/c1-5-12-42(32-46-35-53-30-29-36(46)2)31-37(3)38(4)50(55)18-11-15-45-34-51(56)49(17-10-9-16-47(45)43-13-7-6-8-14-43)54-52(57)48-33-41-24-23-39-19-21-40(22-20-39)25-27-44(48)28-26-41/h6-8,13-14,16-17,19-22,26,28-30,32-33,35,37-38,45H,5,9-12,15,18,23-25,27,31,34H2,1-4H3,(H,54,57)/b42-32+,47-16-,49-17+. The van der Waals surface area contributed by atoms with Crippen molar-refractivity contribution in [1.29, 1.82) is 0 Å². The molecule has 4 aromatic rings. The van der Waals surface area contributed by atoms with Gasteiger partial charge in [-0.2, -0.15) is 0 Å². The Morgan fingerprint density at radius 3 is 2.30 bits per heavy atom. The van der Waals surface area contributed by atoms with Gasteiger partial charge in [0.25, 0.3) is 5.91 Å². The van der Waals surface area contributed by atoms with Crippen LogP contribution >= 0.6 is 0 Å². The van der Waals surface area contributed by atoms with Gasteiger partial charge in [-0.1, -0.05) is 118 Å². The van der Waals surface area contributed by atoms with E-state index in [2.05, 4.69) is 98.7 Å². The summed E-state index contributed by atoms with van der Waals surface area (Å²) in [5.41, 5.74) is 11.7. The van der Waals surface area contributed by atoms with Crippen LogP contribution in [0.4, 0.5) is 0 Å². The first-order valence-corrected chi connectivity index (χ1v) is 21.3. The molecule has 1 aromatic heterocycles. The van der Waals surface area contributed by atoms with Crippen molar-refractivity contribution in [1.82, 2.24) is 10.3 Å². The Balaban J connectivity index is 1.13. The smallest absolute Gasteiger partial charge is 0.256 e. The molecule has 5 nitrogen and oxygen atoms in total. The molecule has 1 N–H and O–H groups in total. The predicted molar refractivity (Wildman–Crippen MR) is 234 cm³/mol. The van der Waals surface area contributed by atoms with Gasteiger partial charge in [0, 0.05) is 36.7 Å². The Labute approximate surface area is 340 Å². The molecule has 4 bridgehead atoms. The summed E-state index contributed by atoms with van der Waals surface area (Å²) in [6, 6.07) is 27.4. The molecule has 1 heterocycles. The lowest BCUT2D eigenvalue weighted by Crippen LogP contribution is -2.29. The van der Waals surface area contributed by atoms with Gasteiger partial charge in [0.15, 0.2) is 5.78 Å². The Morgan fingerprint density at radius 1 is 0.860 bits per heavy atom. The maximum Gasteiger partial charge on any atom is 0.256 e. The van der Waals surface area contributed by atoms with Crippen LogP contribution < -0.4 is 5.32 Å². The van der Waals surface area contributed by atoms with E-state index in [-0.39, 0.29) is 41.6 Å². The molecule has 296 valence electrons. The van der Waals surface area contributed by atoms with E-state index in [1.54, 1.807) is 0 Å². The van der Waals surface area contributed by atoms with Crippen molar-refractivity contribution in [2.75, 3.05) is 0 Å². The molecule has 5 heteroatoms. The highest BCUT2D eigenvalue weighted by atomic mass is 16.2. The van der Waals surface area contributed by atoms with Crippen molar-refractivity contribution in [2.45, 2.75) is 111 Å². The van der Waals surface area contributed by atoms with Crippen molar-refractivity contribution in [3.63, 3.8) is 0 Å². The molecule has 9 rings (SSSR count). The Bertz CT molecular complexity index is 2110. The van der Waals surface area contributed by atoms with E-state index >= 15 is 0 Å². The number of Topliss-reactive ketones (excluding diaryl/α,β-unsaturated/α-hetero) is 2. The molecule has 5 aliphatic carbocycles. The molecule has 0 aliphatic heterocycles. The van der Waals surface area contributed by atoms with Crippen LogP contribution in [0.5, 0.6) is 0 Å². The van der Waals surface area contributed by atoms with Gasteiger partial charge >= 0.3 is 0 Å². The molecule has 0 fully saturated rings. The number of carbonyl (C=O) groups is 3. The number of ketones is 2. The summed E-state index contributed by atoms with van der Waals surface area (Å²) >= 11 is 0. The number of aryl methyl sites for hydroxylation is 5. The molecular formula is C52H60N2O3. The van der Waals surface area contributed by atoms with Gasteiger partial charge < -0.3 is 5.32 Å². The van der Waals surface area contributed by atoms with Crippen molar-refractivity contribution in [3.05, 3.63) is 159 Å². The lowest BCUT2D eigenvalue weighted by atomic mass is 9.81. The molecule has 3 unspecified atom stereocenters. The van der Waals surface area contributed by atoms with E-state index in [0.717, 1.165) is 79.2 Å². The number of hydrogen-bond donors (Lipinski definition) is 1. The summed E-state index contributed by atoms with van der Waals surface area (Å²) in [7, 11) is 0. The number of pyridine rings is 1. The van der Waals surface area contributed by atoms with Crippen LogP contribution in [0.15, 0.2) is 115 Å². The number of nitrogens with one attached hydrogen (secondary N) is 1. The largest absolute Gasteiger partial charge is 0.319 e. The minimum absolute atomic E-state index is 0.0591. The third-order valence-corrected chi connectivity index (χ3v) is 12.2. The van der Waals surface area contributed by atoms with E-state index in [1.807, 2.05) is 48.8 Å². The van der Waals surface area contributed by atoms with E-state index in [0.29, 0.717) is 36.9 Å². The maximum atomic E-state index is 14.2. The molecule has 0 saturated carbocycles. The number of aromatic nitrogens is 1. The SMILES string of the molecule is CCC/C(=C\c1cnccc1C)CC(C)C(C)C(=O)CCCC1CC(=O)/C(NC(=O)c2cc3ccc2CCc2ccc(cc2)CC3)=C\CC/C=C\1c1ccccc1. The summed E-state index contributed by atoms with van der Waals surface area (Å²) < 4.78 is 0. The number of carbonyl (C=O) groups excluding carboxylic acids is 3. The van der Waals surface area contributed by atoms with Crippen LogP contribution in [0.25, 0.3) is 11.6 Å². The molecule has 3 atom stereocenters. The Hall–Kier alpha value is -5.16. The highest BCUT2D eigenvalue weighted by Gasteiger charge is 2.26. The fraction of sp³-hybridized carbons (Fsp3) is 0.385. The summed E-state index contributed by atoms with van der Waals surface area (Å²) in [5.74, 6) is 0.0828. The second-order valence-corrected chi connectivity index (χ2v) is 16.4. The van der Waals surface area contributed by atoms with E-state index < -0.39 is 0 Å². The zero-order valence-electron chi connectivity index (χ0n) is 34.5. The third kappa shape index (κ3) is 11.5. The molecule has 57 heavy (non-hydrogen) atoms. The number of hydrogen-bond acceptors (Lipinski definition) is 4. The maximum absolute atomic E-state index is 14.2. The molecule has 0 radical (unpaired) electrons. The van der Waals surface area contributed by atoms with Gasteiger partial charge in [-0.3, -0.25) is 19.4 Å². The molecule has 0 saturated heterocycles. The second-order valence-electron chi connectivity index (χ2n) is 16.4. The summed E-state index contributed by atoms with van der Waals surface area (Å²) in [5, 5.41) is 3.10. The van der Waals surface area contributed by atoms with Gasteiger partial charge in [-0.05, 0) is 140 Å². The van der Waals surface area contributed by atoms with Gasteiger partial charge in [0.2, 0.25) is 0 Å². The number of rotatable bonds is 14. The third-order valence-electron chi connectivity index (χ3n) is 12.2. The number of nitrogens with zero attached hydrogens (tertiary/aromatic N) is 1. The Kier molecular flexibility index (Phi) is 14.8. The fourth-order valence-corrected chi connectivity index (χ4v) is 8.45. The van der Waals surface area contributed by atoms with Crippen LogP contribution in [-0.2, 0) is 35.3 Å². The monoisotopic (exact) mass is 760 g/mol. The Morgan fingerprint density at radius 2 is 1.56 bits per heavy atom. The summed E-state index contributed by atoms with van der Waals surface area (Å²) in [4.78, 5) is 46.3. The van der Waals surface area contributed by atoms with Gasteiger partial charge in [-0.25, -0.2) is 0 Å². The van der Waals surface area contributed by atoms with Crippen LogP contribution in [-0.4, -0.2) is 22.5 Å². The normalized spacial score (nSPS) is 19.1. The van der Waals surface area contributed by atoms with Gasteiger partial charge in [0.1, 0.15) is 5.78 Å². The zero-order valence-corrected chi connectivity index (χ0v) is 34.5. The van der Waals surface area contributed by atoms with E-state index in [9.17, 15) is 14.4 Å². The lowest BCUT2D eigenvalue weighted by Gasteiger charge is -2.23. The second kappa shape index (κ2) is 20.3. The van der Waals surface area contributed by atoms with Crippen molar-refractivity contribution in [3.8, 4) is 0 Å². The van der Waals surface area contributed by atoms with Gasteiger partial charge in [0.05, 0.1) is 5.70 Å². The highest BCUT2D eigenvalue weighted by Crippen LogP contribution is 2.34. The quantitative estimate of drug-likeness (QED) is 0.139. The average Bonchev–Trinajstić information content (AvgIpc) is 3.28. The summed E-state index contributed by atoms with van der Waals surface area (Å²) in [6.45, 7) is 8.59. The van der Waals surface area contributed by atoms with Crippen LogP contribution in [0.1, 0.15) is 128 Å². The molecule has 5 aliphatic rings. The topological polar surface area (TPSA) is 76.1 Å². The number of allylic oxidation sites excluding steroid dienone is 5. The first-order chi connectivity index (χ1) is 27.7. The van der Waals surface area contributed by atoms with E-state index in [4.69, 9.17) is 0 Å². The molecule has 3 aromatic carbocycles. The van der Waals surface area contributed by atoms with E-state index in [1.165, 1.54) is 22.3 Å². The van der Waals surface area contributed by atoms with Crippen molar-refractivity contribution in [2.24, 2.45) is 17.8 Å².